The number of carbonyl (C=O) groups is 2. The summed E-state index contributed by atoms with van der Waals surface area (Å²) >= 11 is 0. The van der Waals surface area contributed by atoms with Gasteiger partial charge in [0, 0.05) is 12.8 Å². The Morgan fingerprint density at radius 1 is 0.476 bits per heavy atom. The van der Waals surface area contributed by atoms with Crippen LogP contribution in [-0.2, 0) is 32.7 Å². The molecule has 1 rings (SSSR count). The molecule has 14 heteroatoms. The van der Waals surface area contributed by atoms with E-state index < -0.39 is 75.7 Å². The Morgan fingerprint density at radius 2 is 0.810 bits per heavy atom. The highest BCUT2D eigenvalue weighted by molar-refractivity contribution is 7.47. The summed E-state index contributed by atoms with van der Waals surface area (Å²) < 4.78 is 33.6. The zero-order valence-corrected chi connectivity index (χ0v) is 40.5. The highest BCUT2D eigenvalue weighted by Crippen LogP contribution is 2.47. The summed E-state index contributed by atoms with van der Waals surface area (Å²) in [5.41, 5.74) is 0. The van der Waals surface area contributed by atoms with Crippen molar-refractivity contribution in [3.63, 3.8) is 0 Å². The van der Waals surface area contributed by atoms with Crippen LogP contribution < -0.4 is 0 Å². The summed E-state index contributed by atoms with van der Waals surface area (Å²) in [6.45, 7) is 3.31. The zero-order valence-electron chi connectivity index (χ0n) is 39.6. The third-order valence-corrected chi connectivity index (χ3v) is 13.1. The molecule has 1 fully saturated rings. The van der Waals surface area contributed by atoms with E-state index in [0.717, 1.165) is 44.9 Å². The number of aliphatic hydroxyl groups excluding tert-OH is 5. The minimum Gasteiger partial charge on any atom is -0.462 e. The van der Waals surface area contributed by atoms with Crippen LogP contribution >= 0.6 is 7.82 Å². The zero-order chi connectivity index (χ0) is 46.4. The minimum absolute atomic E-state index is 0.101. The summed E-state index contributed by atoms with van der Waals surface area (Å²) in [4.78, 5) is 35.7. The quantitative estimate of drug-likeness (QED) is 0.0146. The molecule has 0 amide bonds. The van der Waals surface area contributed by atoms with E-state index >= 15 is 0 Å². The first-order valence-corrected chi connectivity index (χ1v) is 27.0. The van der Waals surface area contributed by atoms with Gasteiger partial charge in [0.25, 0.3) is 0 Å². The van der Waals surface area contributed by atoms with E-state index in [2.05, 4.69) is 26.0 Å². The van der Waals surface area contributed by atoms with Crippen LogP contribution in [0.3, 0.4) is 0 Å². The molecule has 0 aromatic rings. The summed E-state index contributed by atoms with van der Waals surface area (Å²) in [6, 6.07) is 0. The van der Waals surface area contributed by atoms with Crippen LogP contribution in [0.1, 0.15) is 232 Å². The van der Waals surface area contributed by atoms with Crippen LogP contribution in [0.5, 0.6) is 0 Å². The van der Waals surface area contributed by atoms with E-state index in [9.17, 15) is 44.6 Å². The van der Waals surface area contributed by atoms with E-state index in [4.69, 9.17) is 18.5 Å². The number of phosphoric acid groups is 1. The van der Waals surface area contributed by atoms with Gasteiger partial charge in [-0.2, -0.15) is 0 Å². The minimum atomic E-state index is -5.11. The Bertz CT molecular complexity index is 1160. The van der Waals surface area contributed by atoms with Gasteiger partial charge in [0.1, 0.15) is 43.2 Å². The highest BCUT2D eigenvalue weighted by atomic mass is 31.2. The van der Waals surface area contributed by atoms with Gasteiger partial charge in [-0.1, -0.05) is 193 Å². The molecule has 0 saturated heterocycles. The van der Waals surface area contributed by atoms with Crippen molar-refractivity contribution in [1.29, 1.82) is 0 Å². The molecule has 0 aliphatic heterocycles. The Morgan fingerprint density at radius 3 is 1.21 bits per heavy atom. The molecule has 1 saturated carbocycles. The second-order valence-electron chi connectivity index (χ2n) is 18.0. The lowest BCUT2D eigenvalue weighted by molar-refractivity contribution is -0.220. The number of unbranched alkanes of at least 4 members (excludes halogenated alkanes) is 29. The number of hydrogen-bond acceptors (Lipinski definition) is 12. The molecule has 0 aromatic heterocycles. The SMILES string of the molecule is CCCCCCCCCC/C=C\CCCCCCCCCCCCCC(=O)OC(COC(=O)CCCCCCCCCCCCC)COP(=O)(O)OC1C(O)C(O)C(O)C(O)C1O. The third kappa shape index (κ3) is 32.0. The highest BCUT2D eigenvalue weighted by Gasteiger charge is 2.51. The predicted octanol–water partition coefficient (Wildman–Crippen LogP) is 10.6. The van der Waals surface area contributed by atoms with Crippen molar-refractivity contribution in [2.45, 2.75) is 275 Å². The van der Waals surface area contributed by atoms with Gasteiger partial charge in [0.15, 0.2) is 6.10 Å². The van der Waals surface area contributed by atoms with Gasteiger partial charge in [-0.05, 0) is 38.5 Å². The molecule has 1 aliphatic carbocycles. The van der Waals surface area contributed by atoms with Crippen molar-refractivity contribution in [3.8, 4) is 0 Å². The topological polar surface area (TPSA) is 210 Å². The summed E-state index contributed by atoms with van der Waals surface area (Å²) in [6.07, 6.45) is 29.9. The molecule has 63 heavy (non-hydrogen) atoms. The Hall–Kier alpha value is -1.41. The van der Waals surface area contributed by atoms with Crippen molar-refractivity contribution < 1.29 is 63.1 Å². The first kappa shape index (κ1) is 59.6. The number of rotatable bonds is 43. The summed E-state index contributed by atoms with van der Waals surface area (Å²) in [5, 5.41) is 50.2. The number of ether oxygens (including phenoxy) is 2. The molecule has 0 bridgehead atoms. The number of phosphoric ester groups is 1. The van der Waals surface area contributed by atoms with Crippen molar-refractivity contribution in [2.24, 2.45) is 0 Å². The summed E-state index contributed by atoms with van der Waals surface area (Å²) in [7, 11) is -5.11. The molecular formula is C49H93O13P. The molecule has 372 valence electrons. The van der Waals surface area contributed by atoms with E-state index in [-0.39, 0.29) is 12.8 Å². The number of aliphatic hydroxyl groups is 5. The second-order valence-corrected chi connectivity index (χ2v) is 19.4. The molecule has 6 N–H and O–H groups in total. The largest absolute Gasteiger partial charge is 0.472 e. The van der Waals surface area contributed by atoms with Crippen LogP contribution in [0.25, 0.3) is 0 Å². The molecule has 0 spiro atoms. The van der Waals surface area contributed by atoms with Crippen LogP contribution in [0.2, 0.25) is 0 Å². The van der Waals surface area contributed by atoms with Gasteiger partial charge in [0.2, 0.25) is 0 Å². The monoisotopic (exact) mass is 921 g/mol. The van der Waals surface area contributed by atoms with Crippen LogP contribution in [-0.4, -0.2) is 98.3 Å². The van der Waals surface area contributed by atoms with Crippen molar-refractivity contribution in [3.05, 3.63) is 12.2 Å². The lowest BCUT2D eigenvalue weighted by Crippen LogP contribution is -2.64. The maximum Gasteiger partial charge on any atom is 0.472 e. The third-order valence-electron chi connectivity index (χ3n) is 12.1. The predicted molar refractivity (Wildman–Crippen MR) is 249 cm³/mol. The van der Waals surface area contributed by atoms with E-state index in [1.165, 1.54) is 148 Å². The molecule has 0 aromatic carbocycles. The van der Waals surface area contributed by atoms with Gasteiger partial charge >= 0.3 is 19.8 Å². The van der Waals surface area contributed by atoms with Crippen LogP contribution in [0, 0.1) is 0 Å². The average molecular weight is 921 g/mol. The standard InChI is InChI=1S/C49H93O13P/c1-3-5-7-9-11-13-15-16-17-18-19-20-21-22-23-24-25-26-28-30-32-34-36-38-43(51)61-41(39-59-42(50)37-35-33-31-29-27-14-12-10-8-6-4-2)40-60-63(57,58)62-49-47(55)45(53)44(52)46(54)48(49)56/h18-19,41,44-49,52-56H,3-17,20-40H2,1-2H3,(H,57,58)/b19-18-. The number of hydrogen-bond donors (Lipinski definition) is 6. The summed E-state index contributed by atoms with van der Waals surface area (Å²) in [5.74, 6) is -1.09. The fraction of sp³-hybridized carbons (Fsp3) is 0.918. The van der Waals surface area contributed by atoms with E-state index in [1.54, 1.807) is 0 Å². The number of carbonyl (C=O) groups excluding carboxylic acids is 2. The van der Waals surface area contributed by atoms with Gasteiger partial charge < -0.3 is 39.9 Å². The van der Waals surface area contributed by atoms with Gasteiger partial charge in [-0.15, -0.1) is 0 Å². The Kier molecular flexibility index (Phi) is 37.6. The molecule has 6 unspecified atom stereocenters. The molecule has 1 aliphatic rings. The average Bonchev–Trinajstić information content (AvgIpc) is 3.26. The lowest BCUT2D eigenvalue weighted by Gasteiger charge is -2.41. The molecule has 0 radical (unpaired) electrons. The molecule has 13 nitrogen and oxygen atoms in total. The van der Waals surface area contributed by atoms with Gasteiger partial charge in [0.05, 0.1) is 6.61 Å². The van der Waals surface area contributed by atoms with E-state index in [1.807, 2.05) is 0 Å². The normalized spacial score (nSPS) is 21.7. The molecular weight excluding hydrogens is 828 g/mol. The van der Waals surface area contributed by atoms with Crippen LogP contribution in [0.15, 0.2) is 12.2 Å². The first-order chi connectivity index (χ1) is 30.4. The van der Waals surface area contributed by atoms with Crippen LogP contribution in [0.4, 0.5) is 0 Å². The first-order valence-electron chi connectivity index (χ1n) is 25.5. The fourth-order valence-corrected chi connectivity index (χ4v) is 8.96. The van der Waals surface area contributed by atoms with Crippen molar-refractivity contribution >= 4 is 19.8 Å². The van der Waals surface area contributed by atoms with Crippen molar-refractivity contribution in [2.75, 3.05) is 13.2 Å². The Labute approximate surface area is 382 Å². The van der Waals surface area contributed by atoms with Gasteiger partial charge in [-0.25, -0.2) is 4.57 Å². The lowest BCUT2D eigenvalue weighted by atomic mass is 9.85. The smallest absolute Gasteiger partial charge is 0.462 e. The van der Waals surface area contributed by atoms with E-state index in [0.29, 0.717) is 12.8 Å². The fourth-order valence-electron chi connectivity index (χ4n) is 7.99. The molecule has 0 heterocycles. The maximum absolute atomic E-state index is 12.8. The number of allylic oxidation sites excluding steroid dienone is 2. The van der Waals surface area contributed by atoms with Crippen molar-refractivity contribution in [1.82, 2.24) is 0 Å². The second kappa shape index (κ2) is 39.7. The van der Waals surface area contributed by atoms with Gasteiger partial charge in [-0.3, -0.25) is 18.6 Å². The maximum atomic E-state index is 12.8. The number of esters is 2. The Balaban J connectivity index is 2.34. The molecule has 6 atom stereocenters.